The molecule has 1 amide bonds. The molecule has 3 heteroatoms. The first kappa shape index (κ1) is 13.1. The Morgan fingerprint density at radius 2 is 2.05 bits per heavy atom. The number of nitrogens with one attached hydrogen (secondary N) is 1. The molecule has 0 bridgehead atoms. The number of benzene rings is 1. The maximum absolute atomic E-state index is 12.0. The van der Waals surface area contributed by atoms with Crippen LogP contribution in [0.25, 0.3) is 10.9 Å². The lowest BCUT2D eigenvalue weighted by Gasteiger charge is -2.21. The van der Waals surface area contributed by atoms with Gasteiger partial charge in [-0.25, -0.2) is 0 Å². The van der Waals surface area contributed by atoms with Crippen LogP contribution < -0.4 is 5.32 Å². The van der Waals surface area contributed by atoms with E-state index in [1.165, 1.54) is 24.1 Å². The summed E-state index contributed by atoms with van der Waals surface area (Å²) in [7, 11) is 0. The number of anilines is 1. The van der Waals surface area contributed by atoms with Gasteiger partial charge in [-0.2, -0.15) is 0 Å². The van der Waals surface area contributed by atoms with Crippen LogP contribution in [0.4, 0.5) is 5.69 Å². The Kier molecular flexibility index (Phi) is 3.68. The number of rotatable bonds is 3. The summed E-state index contributed by atoms with van der Waals surface area (Å²) in [6, 6.07) is 8.09. The van der Waals surface area contributed by atoms with Crippen LogP contribution in [0, 0.1) is 0 Å². The first-order valence-electron chi connectivity index (χ1n) is 7.50. The van der Waals surface area contributed by atoms with Gasteiger partial charge in [0.1, 0.15) is 0 Å². The minimum absolute atomic E-state index is 0.108. The van der Waals surface area contributed by atoms with E-state index in [2.05, 4.69) is 11.4 Å². The molecule has 104 valence electrons. The van der Waals surface area contributed by atoms with E-state index in [4.69, 9.17) is 4.98 Å². The Morgan fingerprint density at radius 3 is 2.90 bits per heavy atom. The summed E-state index contributed by atoms with van der Waals surface area (Å²) >= 11 is 0. The van der Waals surface area contributed by atoms with E-state index in [1.807, 2.05) is 25.1 Å². The van der Waals surface area contributed by atoms with Crippen LogP contribution in [0.2, 0.25) is 0 Å². The number of aryl methyl sites for hydroxylation is 1. The van der Waals surface area contributed by atoms with E-state index in [-0.39, 0.29) is 5.91 Å². The molecule has 1 aliphatic carbocycles. The third-order valence-electron chi connectivity index (χ3n) is 3.91. The Balaban J connectivity index is 2.13. The summed E-state index contributed by atoms with van der Waals surface area (Å²) < 4.78 is 0. The number of pyridine rings is 1. The van der Waals surface area contributed by atoms with Crippen molar-refractivity contribution in [2.24, 2.45) is 0 Å². The first-order chi connectivity index (χ1) is 9.79. The molecule has 0 fully saturated rings. The van der Waals surface area contributed by atoms with Crippen LogP contribution in [-0.2, 0) is 17.6 Å². The molecule has 1 N–H and O–H groups in total. The molecule has 1 aromatic carbocycles. The lowest BCUT2D eigenvalue weighted by molar-refractivity contribution is -0.116. The van der Waals surface area contributed by atoms with Crippen LogP contribution in [0.3, 0.4) is 0 Å². The van der Waals surface area contributed by atoms with Gasteiger partial charge in [0.05, 0.1) is 11.2 Å². The highest BCUT2D eigenvalue weighted by Gasteiger charge is 2.19. The Hall–Kier alpha value is -1.90. The second-order valence-corrected chi connectivity index (χ2v) is 5.43. The molecule has 0 spiro atoms. The van der Waals surface area contributed by atoms with Crippen molar-refractivity contribution in [1.29, 1.82) is 0 Å². The number of aromatic nitrogens is 1. The van der Waals surface area contributed by atoms with Crippen molar-refractivity contribution in [3.05, 3.63) is 35.5 Å². The van der Waals surface area contributed by atoms with Gasteiger partial charge in [0, 0.05) is 17.5 Å². The smallest absolute Gasteiger partial charge is 0.224 e. The zero-order chi connectivity index (χ0) is 13.9. The Bertz CT molecular complexity index is 649. The fourth-order valence-electron chi connectivity index (χ4n) is 2.94. The lowest BCUT2D eigenvalue weighted by Crippen LogP contribution is -2.16. The average molecular weight is 268 g/mol. The summed E-state index contributed by atoms with van der Waals surface area (Å²) in [6.07, 6.45) is 5.87. The largest absolute Gasteiger partial charge is 0.325 e. The van der Waals surface area contributed by atoms with Crippen molar-refractivity contribution in [2.45, 2.75) is 45.4 Å². The molecule has 0 unspecified atom stereocenters. The molecule has 0 aliphatic heterocycles. The summed E-state index contributed by atoms with van der Waals surface area (Å²) in [4.78, 5) is 16.8. The average Bonchev–Trinajstić information content (AvgIpc) is 2.47. The molecular weight excluding hydrogens is 248 g/mol. The number of amides is 1. The van der Waals surface area contributed by atoms with E-state index >= 15 is 0 Å². The van der Waals surface area contributed by atoms with Crippen molar-refractivity contribution in [3.8, 4) is 0 Å². The normalized spacial score (nSPS) is 14.1. The van der Waals surface area contributed by atoms with Gasteiger partial charge in [0.25, 0.3) is 0 Å². The van der Waals surface area contributed by atoms with Crippen molar-refractivity contribution in [3.63, 3.8) is 0 Å². The minimum atomic E-state index is 0.108. The number of para-hydroxylation sites is 1. The summed E-state index contributed by atoms with van der Waals surface area (Å²) in [6.45, 7) is 2.03. The van der Waals surface area contributed by atoms with Gasteiger partial charge in [-0.15, -0.1) is 0 Å². The number of fused-ring (bicyclic) bond motifs is 2. The molecular formula is C17H20N2O. The molecule has 0 saturated heterocycles. The fraction of sp³-hybridized carbons (Fsp3) is 0.412. The quantitative estimate of drug-likeness (QED) is 0.918. The molecule has 2 aromatic rings. The van der Waals surface area contributed by atoms with E-state index in [0.717, 1.165) is 35.9 Å². The maximum atomic E-state index is 12.0. The van der Waals surface area contributed by atoms with Gasteiger partial charge in [0.15, 0.2) is 0 Å². The molecule has 1 heterocycles. The van der Waals surface area contributed by atoms with Gasteiger partial charge in [-0.05, 0) is 43.7 Å². The molecule has 20 heavy (non-hydrogen) atoms. The molecule has 0 saturated carbocycles. The number of hydrogen-bond acceptors (Lipinski definition) is 2. The van der Waals surface area contributed by atoms with Crippen molar-refractivity contribution in [2.75, 3.05) is 5.32 Å². The summed E-state index contributed by atoms with van der Waals surface area (Å²) in [5, 5.41) is 4.20. The highest BCUT2D eigenvalue weighted by atomic mass is 16.1. The van der Waals surface area contributed by atoms with Crippen LogP contribution in [0.15, 0.2) is 24.3 Å². The summed E-state index contributed by atoms with van der Waals surface area (Å²) in [5.74, 6) is 0.108. The molecule has 0 atom stereocenters. The van der Waals surface area contributed by atoms with Gasteiger partial charge in [-0.3, -0.25) is 9.78 Å². The molecule has 3 nitrogen and oxygen atoms in total. The molecule has 1 aromatic heterocycles. The molecule has 3 rings (SSSR count). The standard InChI is InChI=1S/C17H20N2O/c1-2-7-16(20)19-17-12-8-3-5-10-14(12)18-15-11-6-4-9-13(15)17/h3,5,8,10H,2,4,6-7,9,11H2,1H3,(H,18,19,20). The maximum Gasteiger partial charge on any atom is 0.224 e. The minimum Gasteiger partial charge on any atom is -0.325 e. The topological polar surface area (TPSA) is 42.0 Å². The van der Waals surface area contributed by atoms with Crippen LogP contribution in [-0.4, -0.2) is 10.9 Å². The zero-order valence-corrected chi connectivity index (χ0v) is 11.9. The Morgan fingerprint density at radius 1 is 1.25 bits per heavy atom. The van der Waals surface area contributed by atoms with Crippen LogP contribution >= 0.6 is 0 Å². The first-order valence-corrected chi connectivity index (χ1v) is 7.50. The highest BCUT2D eigenvalue weighted by Crippen LogP contribution is 2.33. The molecule has 0 radical (unpaired) electrons. The summed E-state index contributed by atoms with van der Waals surface area (Å²) in [5.41, 5.74) is 4.41. The number of nitrogens with zero attached hydrogens (tertiary/aromatic N) is 1. The van der Waals surface area contributed by atoms with Gasteiger partial charge >= 0.3 is 0 Å². The van der Waals surface area contributed by atoms with Gasteiger partial charge < -0.3 is 5.32 Å². The number of carbonyl (C=O) groups is 1. The second kappa shape index (κ2) is 5.61. The number of hydrogen-bond donors (Lipinski definition) is 1. The number of carbonyl (C=O) groups excluding carboxylic acids is 1. The molecule has 1 aliphatic rings. The lowest BCUT2D eigenvalue weighted by atomic mass is 9.92. The third-order valence-corrected chi connectivity index (χ3v) is 3.91. The van der Waals surface area contributed by atoms with Crippen LogP contribution in [0.1, 0.15) is 43.9 Å². The van der Waals surface area contributed by atoms with E-state index in [9.17, 15) is 4.79 Å². The monoisotopic (exact) mass is 268 g/mol. The van der Waals surface area contributed by atoms with E-state index < -0.39 is 0 Å². The second-order valence-electron chi connectivity index (χ2n) is 5.43. The SMILES string of the molecule is CCCC(=O)Nc1c2c(nc3ccccc13)CCCC2. The van der Waals surface area contributed by atoms with E-state index in [1.54, 1.807) is 0 Å². The van der Waals surface area contributed by atoms with Crippen molar-refractivity contribution in [1.82, 2.24) is 4.98 Å². The predicted molar refractivity (Wildman–Crippen MR) is 81.9 cm³/mol. The predicted octanol–water partition coefficient (Wildman–Crippen LogP) is 3.85. The van der Waals surface area contributed by atoms with Gasteiger partial charge in [0.2, 0.25) is 5.91 Å². The Labute approximate surface area is 119 Å². The third kappa shape index (κ3) is 2.40. The van der Waals surface area contributed by atoms with Crippen molar-refractivity contribution < 1.29 is 4.79 Å². The van der Waals surface area contributed by atoms with Crippen molar-refractivity contribution >= 4 is 22.5 Å². The highest BCUT2D eigenvalue weighted by molar-refractivity contribution is 6.02. The van der Waals surface area contributed by atoms with E-state index in [0.29, 0.717) is 6.42 Å². The van der Waals surface area contributed by atoms with Gasteiger partial charge in [-0.1, -0.05) is 25.1 Å². The zero-order valence-electron chi connectivity index (χ0n) is 11.9. The van der Waals surface area contributed by atoms with Crippen LogP contribution in [0.5, 0.6) is 0 Å². The fourth-order valence-corrected chi connectivity index (χ4v) is 2.94.